The Labute approximate surface area is 217 Å². The van der Waals surface area contributed by atoms with Gasteiger partial charge >= 0.3 is 0 Å². The Balaban J connectivity index is 1.46. The molecule has 0 fully saturated rings. The molecule has 0 saturated heterocycles. The highest BCUT2D eigenvalue weighted by Crippen LogP contribution is 2.44. The van der Waals surface area contributed by atoms with Crippen LogP contribution in [0.2, 0.25) is 0 Å². The average molecular weight is 509 g/mol. The zero-order valence-electron chi connectivity index (χ0n) is 21.8. The molecule has 0 radical (unpaired) electrons. The number of hydrogen-bond acceptors (Lipinski definition) is 6. The van der Waals surface area contributed by atoms with E-state index in [1.165, 1.54) is 11.1 Å². The quantitative estimate of drug-likeness (QED) is 0.258. The lowest BCUT2D eigenvalue weighted by Crippen LogP contribution is -2.28. The van der Waals surface area contributed by atoms with Crippen LogP contribution in [0.5, 0.6) is 11.5 Å². The predicted molar refractivity (Wildman–Crippen MR) is 145 cm³/mol. The maximum Gasteiger partial charge on any atom is 0.188 e. The Morgan fingerprint density at radius 2 is 1.81 bits per heavy atom. The molecule has 0 spiro atoms. The normalized spacial score (nSPS) is 14.5. The number of para-hydroxylation sites is 2. The highest BCUT2D eigenvalue weighted by molar-refractivity contribution is 7.85. The van der Waals surface area contributed by atoms with Gasteiger partial charge in [-0.1, -0.05) is 30.3 Å². The third-order valence-electron chi connectivity index (χ3n) is 6.29. The lowest BCUT2D eigenvalue weighted by Gasteiger charge is -2.34. The number of methoxy groups -OCH3 is 1. The first kappa shape index (κ1) is 26.2. The summed E-state index contributed by atoms with van der Waals surface area (Å²) in [7, 11) is 0.442. The second-order valence-corrected chi connectivity index (χ2v) is 10.7. The molecule has 0 saturated carbocycles. The van der Waals surface area contributed by atoms with E-state index in [1.54, 1.807) is 7.11 Å². The maximum atomic E-state index is 13.3. The lowest BCUT2D eigenvalue weighted by atomic mass is 10.1. The molecule has 36 heavy (non-hydrogen) atoms. The van der Waals surface area contributed by atoms with E-state index in [-0.39, 0.29) is 12.9 Å². The summed E-state index contributed by atoms with van der Waals surface area (Å²) in [6.07, 6.45) is 0.972. The molecule has 0 aliphatic carbocycles. The van der Waals surface area contributed by atoms with E-state index in [1.807, 2.05) is 56.3 Å². The summed E-state index contributed by atoms with van der Waals surface area (Å²) in [5.74, 6) is 1.44. The summed E-state index contributed by atoms with van der Waals surface area (Å²) in [4.78, 5) is 4.11. The van der Waals surface area contributed by atoms with Crippen molar-refractivity contribution in [2.75, 3.05) is 31.9 Å². The van der Waals surface area contributed by atoms with Crippen LogP contribution in [-0.2, 0) is 22.1 Å². The van der Waals surface area contributed by atoms with Crippen molar-refractivity contribution >= 4 is 22.2 Å². The van der Waals surface area contributed by atoms with E-state index in [2.05, 4.69) is 36.2 Å². The van der Waals surface area contributed by atoms with Crippen molar-refractivity contribution in [1.29, 1.82) is 0 Å². The third kappa shape index (κ3) is 5.59. The number of ether oxygens (including phenoxy) is 3. The molecule has 192 valence electrons. The van der Waals surface area contributed by atoms with E-state index in [9.17, 15) is 4.21 Å². The molecule has 0 amide bonds. The van der Waals surface area contributed by atoms with Crippen LogP contribution in [0.15, 0.2) is 64.4 Å². The zero-order chi connectivity index (χ0) is 25.7. The Kier molecular flexibility index (Phi) is 8.67. The number of nitrogens with one attached hydrogen (secondary N) is 1. The van der Waals surface area contributed by atoms with Crippen LogP contribution in [0.25, 0.3) is 0 Å². The SMILES string of the molecule is COCOc1c(CNCCCN2c3ccccc3S(=O)c3ccc(C)c(C)c32)cccc1OC(C)C. The summed E-state index contributed by atoms with van der Waals surface area (Å²) >= 11 is 0. The van der Waals surface area contributed by atoms with Gasteiger partial charge in [0.2, 0.25) is 0 Å². The number of anilines is 2. The van der Waals surface area contributed by atoms with Gasteiger partial charge in [-0.05, 0) is 76.1 Å². The minimum absolute atomic E-state index is 0.0508. The first-order valence-corrected chi connectivity index (χ1v) is 13.6. The fourth-order valence-corrected chi connectivity index (χ4v) is 5.92. The minimum Gasteiger partial charge on any atom is -0.487 e. The van der Waals surface area contributed by atoms with Crippen LogP contribution < -0.4 is 19.7 Å². The molecule has 0 aromatic heterocycles. The van der Waals surface area contributed by atoms with Crippen LogP contribution >= 0.6 is 0 Å². The van der Waals surface area contributed by atoms with Gasteiger partial charge in [-0.3, -0.25) is 0 Å². The zero-order valence-corrected chi connectivity index (χ0v) is 22.6. The smallest absolute Gasteiger partial charge is 0.188 e. The summed E-state index contributed by atoms with van der Waals surface area (Å²) < 4.78 is 30.2. The molecule has 7 heteroatoms. The fraction of sp³-hybridized carbons (Fsp3) is 0.379. The summed E-state index contributed by atoms with van der Waals surface area (Å²) in [6, 6.07) is 18.1. The van der Waals surface area contributed by atoms with Gasteiger partial charge in [0.25, 0.3) is 0 Å². The van der Waals surface area contributed by atoms with Crippen LogP contribution in [-0.4, -0.2) is 37.3 Å². The molecule has 3 aromatic rings. The van der Waals surface area contributed by atoms with Crippen molar-refractivity contribution in [2.24, 2.45) is 0 Å². The van der Waals surface area contributed by atoms with Crippen LogP contribution in [0.1, 0.15) is 37.0 Å². The molecule has 3 aromatic carbocycles. The number of aryl methyl sites for hydroxylation is 1. The second-order valence-electron chi connectivity index (χ2n) is 9.23. The van der Waals surface area contributed by atoms with Crippen molar-refractivity contribution in [2.45, 2.75) is 56.6 Å². The largest absolute Gasteiger partial charge is 0.487 e. The van der Waals surface area contributed by atoms with E-state index in [0.29, 0.717) is 12.3 Å². The topological polar surface area (TPSA) is 60.0 Å². The van der Waals surface area contributed by atoms with Gasteiger partial charge in [0, 0.05) is 25.8 Å². The highest BCUT2D eigenvalue weighted by atomic mass is 32.2. The number of hydrogen-bond donors (Lipinski definition) is 1. The number of fused-ring (bicyclic) bond motifs is 2. The molecule has 1 aliphatic heterocycles. The lowest BCUT2D eigenvalue weighted by molar-refractivity contribution is 0.0468. The molecule has 1 N–H and O–H groups in total. The van der Waals surface area contributed by atoms with Gasteiger partial charge in [0.05, 0.1) is 38.1 Å². The van der Waals surface area contributed by atoms with Gasteiger partial charge < -0.3 is 24.4 Å². The van der Waals surface area contributed by atoms with Gasteiger partial charge in [-0.2, -0.15) is 0 Å². The predicted octanol–water partition coefficient (Wildman–Crippen LogP) is 5.87. The second kappa shape index (κ2) is 11.9. The molecular weight excluding hydrogens is 472 g/mol. The molecule has 1 unspecified atom stereocenters. The summed E-state index contributed by atoms with van der Waals surface area (Å²) in [5, 5.41) is 3.56. The Morgan fingerprint density at radius 3 is 2.58 bits per heavy atom. The molecule has 0 bridgehead atoms. The van der Waals surface area contributed by atoms with Crippen LogP contribution in [0.4, 0.5) is 11.4 Å². The minimum atomic E-state index is -1.17. The third-order valence-corrected chi connectivity index (χ3v) is 7.76. The standard InChI is InChI=1S/C29H36N2O4S/c1-20(2)35-25-12-8-10-23(29(25)34-19-33-5)18-30-16-9-17-31-24-11-6-7-13-26(24)36(32)27-15-14-21(3)22(4)28(27)31/h6-8,10-15,20,30H,9,16-19H2,1-5H3. The first-order valence-electron chi connectivity index (χ1n) is 12.4. The van der Waals surface area contributed by atoms with E-state index in [4.69, 9.17) is 14.2 Å². The van der Waals surface area contributed by atoms with Crippen molar-refractivity contribution in [3.05, 3.63) is 71.3 Å². The van der Waals surface area contributed by atoms with Gasteiger partial charge in [-0.15, -0.1) is 0 Å². The van der Waals surface area contributed by atoms with Crippen LogP contribution in [0.3, 0.4) is 0 Å². The Morgan fingerprint density at radius 1 is 1.00 bits per heavy atom. The molecule has 6 nitrogen and oxygen atoms in total. The molecular formula is C29H36N2O4S. The van der Waals surface area contributed by atoms with Gasteiger partial charge in [0.15, 0.2) is 18.3 Å². The van der Waals surface area contributed by atoms with Crippen molar-refractivity contribution in [3.63, 3.8) is 0 Å². The van der Waals surface area contributed by atoms with Crippen molar-refractivity contribution < 1.29 is 18.4 Å². The molecule has 1 aliphatic rings. The van der Waals surface area contributed by atoms with E-state index < -0.39 is 10.8 Å². The van der Waals surface area contributed by atoms with Crippen LogP contribution in [0, 0.1) is 13.8 Å². The van der Waals surface area contributed by atoms with Crippen molar-refractivity contribution in [1.82, 2.24) is 5.32 Å². The van der Waals surface area contributed by atoms with Crippen molar-refractivity contribution in [3.8, 4) is 11.5 Å². The molecule has 4 rings (SSSR count). The molecule has 1 heterocycles. The fourth-order valence-electron chi connectivity index (χ4n) is 4.48. The first-order chi connectivity index (χ1) is 17.4. The molecule has 1 atom stereocenters. The van der Waals surface area contributed by atoms with E-state index in [0.717, 1.165) is 52.0 Å². The number of nitrogens with zero attached hydrogens (tertiary/aromatic N) is 1. The van der Waals surface area contributed by atoms with Gasteiger partial charge in [-0.25, -0.2) is 4.21 Å². The number of benzene rings is 3. The monoisotopic (exact) mass is 508 g/mol. The Bertz CT molecular complexity index is 1230. The maximum absolute atomic E-state index is 13.3. The number of rotatable bonds is 11. The Hall–Kier alpha value is -2.87. The average Bonchev–Trinajstić information content (AvgIpc) is 2.87. The highest BCUT2D eigenvalue weighted by Gasteiger charge is 2.29. The summed E-state index contributed by atoms with van der Waals surface area (Å²) in [6.45, 7) is 10.7. The summed E-state index contributed by atoms with van der Waals surface area (Å²) in [5.41, 5.74) is 5.54. The van der Waals surface area contributed by atoms with Gasteiger partial charge in [0.1, 0.15) is 0 Å². The van der Waals surface area contributed by atoms with E-state index >= 15 is 0 Å².